The molecule has 2 rings (SSSR count). The Morgan fingerprint density at radius 2 is 2.33 bits per heavy atom. The minimum atomic E-state index is -0.163. The van der Waals surface area contributed by atoms with Gasteiger partial charge in [0.2, 0.25) is 0 Å². The van der Waals surface area contributed by atoms with Gasteiger partial charge in [0.1, 0.15) is 0 Å². The van der Waals surface area contributed by atoms with E-state index >= 15 is 0 Å². The van der Waals surface area contributed by atoms with Gasteiger partial charge >= 0.3 is 6.03 Å². The summed E-state index contributed by atoms with van der Waals surface area (Å²) in [4.78, 5) is 11.9. The maximum absolute atomic E-state index is 11.9. The van der Waals surface area contributed by atoms with Gasteiger partial charge in [0.05, 0.1) is 0 Å². The van der Waals surface area contributed by atoms with Gasteiger partial charge < -0.3 is 15.4 Å². The van der Waals surface area contributed by atoms with Gasteiger partial charge in [-0.05, 0) is 55.4 Å². The lowest BCUT2D eigenvalue weighted by molar-refractivity contribution is 0.0520. The van der Waals surface area contributed by atoms with Crippen LogP contribution in [0, 0.1) is 5.92 Å². The number of ether oxygens (including phenoxy) is 1. The molecule has 116 valence electrons. The standard InChI is InChI=1S/C16H23ClN2O2/c1-2-13-10-14(17)5-6-15(13)19-16(20)18-8-7-12-4-3-9-21-11-12/h5-6,10,12H,2-4,7-9,11H2,1H3,(H2,18,19,20)/t12-/m0/s1. The molecule has 5 heteroatoms. The predicted molar refractivity (Wildman–Crippen MR) is 86.0 cm³/mol. The smallest absolute Gasteiger partial charge is 0.319 e. The molecule has 4 nitrogen and oxygen atoms in total. The Bertz CT molecular complexity index is 473. The Balaban J connectivity index is 1.76. The summed E-state index contributed by atoms with van der Waals surface area (Å²) < 4.78 is 5.44. The molecule has 0 aliphatic carbocycles. The molecule has 0 unspecified atom stereocenters. The third-order valence-corrected chi connectivity index (χ3v) is 4.02. The van der Waals surface area contributed by atoms with Crippen molar-refractivity contribution in [3.63, 3.8) is 0 Å². The first-order valence-corrected chi connectivity index (χ1v) is 7.98. The highest BCUT2D eigenvalue weighted by Crippen LogP contribution is 2.21. The molecule has 1 atom stereocenters. The lowest BCUT2D eigenvalue weighted by atomic mass is 9.99. The van der Waals surface area contributed by atoms with Crippen molar-refractivity contribution in [3.8, 4) is 0 Å². The average Bonchev–Trinajstić information content (AvgIpc) is 2.50. The Morgan fingerprint density at radius 3 is 3.05 bits per heavy atom. The van der Waals surface area contributed by atoms with Crippen LogP contribution in [0.15, 0.2) is 18.2 Å². The SMILES string of the molecule is CCc1cc(Cl)ccc1NC(=O)NCC[C@@H]1CCCOC1. The highest BCUT2D eigenvalue weighted by molar-refractivity contribution is 6.30. The number of benzene rings is 1. The number of hydrogen-bond donors (Lipinski definition) is 2. The monoisotopic (exact) mass is 310 g/mol. The molecule has 0 spiro atoms. The summed E-state index contributed by atoms with van der Waals surface area (Å²) in [5, 5.41) is 6.48. The van der Waals surface area contributed by atoms with Crippen LogP contribution in [0.5, 0.6) is 0 Å². The molecule has 0 saturated carbocycles. The van der Waals surface area contributed by atoms with Crippen molar-refractivity contribution >= 4 is 23.3 Å². The van der Waals surface area contributed by atoms with E-state index < -0.39 is 0 Å². The largest absolute Gasteiger partial charge is 0.381 e. The van der Waals surface area contributed by atoms with Crippen molar-refractivity contribution in [2.24, 2.45) is 5.92 Å². The van der Waals surface area contributed by atoms with E-state index in [1.165, 1.54) is 6.42 Å². The third-order valence-electron chi connectivity index (χ3n) is 3.79. The minimum Gasteiger partial charge on any atom is -0.381 e. The van der Waals surface area contributed by atoms with Crippen LogP contribution < -0.4 is 10.6 Å². The van der Waals surface area contributed by atoms with Crippen LogP contribution in [0.3, 0.4) is 0 Å². The molecule has 1 aliphatic rings. The number of urea groups is 1. The number of nitrogens with one attached hydrogen (secondary N) is 2. The molecule has 1 aromatic carbocycles. The van der Waals surface area contributed by atoms with Gasteiger partial charge in [-0.1, -0.05) is 18.5 Å². The molecule has 21 heavy (non-hydrogen) atoms. The van der Waals surface area contributed by atoms with Gasteiger partial charge in [-0.2, -0.15) is 0 Å². The lowest BCUT2D eigenvalue weighted by Crippen LogP contribution is -2.32. The number of hydrogen-bond acceptors (Lipinski definition) is 2. The van der Waals surface area contributed by atoms with Crippen LogP contribution in [0.4, 0.5) is 10.5 Å². The van der Waals surface area contributed by atoms with Crippen molar-refractivity contribution in [2.75, 3.05) is 25.1 Å². The maximum atomic E-state index is 11.9. The van der Waals surface area contributed by atoms with Crippen LogP contribution in [0.25, 0.3) is 0 Å². The predicted octanol–water partition coefficient (Wildman–Crippen LogP) is 3.84. The van der Waals surface area contributed by atoms with E-state index in [-0.39, 0.29) is 6.03 Å². The van der Waals surface area contributed by atoms with E-state index in [0.29, 0.717) is 17.5 Å². The third kappa shape index (κ3) is 5.21. The first-order chi connectivity index (χ1) is 10.2. The zero-order chi connectivity index (χ0) is 15.1. The molecule has 1 heterocycles. The number of halogens is 1. The quantitative estimate of drug-likeness (QED) is 0.868. The first kappa shape index (κ1) is 16.1. The van der Waals surface area contributed by atoms with E-state index in [9.17, 15) is 4.79 Å². The minimum absolute atomic E-state index is 0.163. The zero-order valence-corrected chi connectivity index (χ0v) is 13.2. The van der Waals surface area contributed by atoms with Crippen LogP contribution in [0.2, 0.25) is 5.02 Å². The maximum Gasteiger partial charge on any atom is 0.319 e. The van der Waals surface area contributed by atoms with Crippen molar-refractivity contribution < 1.29 is 9.53 Å². The lowest BCUT2D eigenvalue weighted by Gasteiger charge is -2.22. The molecule has 0 bridgehead atoms. The number of aryl methyl sites for hydroxylation is 1. The van der Waals surface area contributed by atoms with E-state index in [2.05, 4.69) is 10.6 Å². The molecule has 0 aromatic heterocycles. The summed E-state index contributed by atoms with van der Waals surface area (Å²) in [5.41, 5.74) is 1.86. The van der Waals surface area contributed by atoms with Gasteiger partial charge in [0.15, 0.2) is 0 Å². The molecular formula is C16H23ClN2O2. The molecule has 1 aromatic rings. The molecule has 2 amide bonds. The Kier molecular flexibility index (Phi) is 6.33. The summed E-state index contributed by atoms with van der Waals surface area (Å²) in [5.74, 6) is 0.570. The van der Waals surface area contributed by atoms with E-state index in [1.807, 2.05) is 19.1 Å². The highest BCUT2D eigenvalue weighted by atomic mass is 35.5. The van der Waals surface area contributed by atoms with Gasteiger partial charge in [-0.25, -0.2) is 4.79 Å². The van der Waals surface area contributed by atoms with Crippen LogP contribution in [-0.4, -0.2) is 25.8 Å². The summed E-state index contributed by atoms with van der Waals surface area (Å²) in [7, 11) is 0. The molecule has 0 radical (unpaired) electrons. The second kappa shape index (κ2) is 8.25. The molecule has 1 saturated heterocycles. The number of carbonyl (C=O) groups excluding carboxylic acids is 1. The van der Waals surface area contributed by atoms with Gasteiger partial charge in [0.25, 0.3) is 0 Å². The van der Waals surface area contributed by atoms with Crippen molar-refractivity contribution in [1.29, 1.82) is 0 Å². The van der Waals surface area contributed by atoms with Crippen molar-refractivity contribution in [1.82, 2.24) is 5.32 Å². The fourth-order valence-electron chi connectivity index (χ4n) is 2.57. The van der Waals surface area contributed by atoms with Crippen molar-refractivity contribution in [3.05, 3.63) is 28.8 Å². The van der Waals surface area contributed by atoms with Crippen LogP contribution >= 0.6 is 11.6 Å². The Morgan fingerprint density at radius 1 is 1.48 bits per heavy atom. The fraction of sp³-hybridized carbons (Fsp3) is 0.562. The summed E-state index contributed by atoms with van der Waals surface area (Å²) in [6.07, 6.45) is 4.12. The molecular weight excluding hydrogens is 288 g/mol. The topological polar surface area (TPSA) is 50.4 Å². The molecule has 2 N–H and O–H groups in total. The van der Waals surface area contributed by atoms with E-state index in [0.717, 1.165) is 43.7 Å². The second-order valence-electron chi connectivity index (χ2n) is 5.41. The van der Waals surface area contributed by atoms with Gasteiger partial charge in [-0.15, -0.1) is 0 Å². The van der Waals surface area contributed by atoms with Crippen LogP contribution in [0.1, 0.15) is 31.7 Å². The summed E-state index contributed by atoms with van der Waals surface area (Å²) >= 11 is 5.96. The van der Waals surface area contributed by atoms with E-state index in [4.69, 9.17) is 16.3 Å². The Labute approximate surface area is 131 Å². The number of anilines is 1. The zero-order valence-electron chi connectivity index (χ0n) is 12.5. The van der Waals surface area contributed by atoms with Crippen LogP contribution in [-0.2, 0) is 11.2 Å². The Hall–Kier alpha value is -1.26. The van der Waals surface area contributed by atoms with Gasteiger partial charge in [0, 0.05) is 30.5 Å². The van der Waals surface area contributed by atoms with E-state index in [1.54, 1.807) is 6.07 Å². The highest BCUT2D eigenvalue weighted by Gasteiger charge is 2.14. The molecule has 1 aliphatic heterocycles. The first-order valence-electron chi connectivity index (χ1n) is 7.60. The number of carbonyl (C=O) groups is 1. The number of rotatable bonds is 5. The molecule has 1 fully saturated rings. The second-order valence-corrected chi connectivity index (χ2v) is 5.84. The number of amides is 2. The van der Waals surface area contributed by atoms with Gasteiger partial charge in [-0.3, -0.25) is 0 Å². The van der Waals surface area contributed by atoms with Crippen molar-refractivity contribution in [2.45, 2.75) is 32.6 Å². The average molecular weight is 311 g/mol. The fourth-order valence-corrected chi connectivity index (χ4v) is 2.76. The summed E-state index contributed by atoms with van der Waals surface area (Å²) in [6.45, 7) is 4.41. The summed E-state index contributed by atoms with van der Waals surface area (Å²) in [6, 6.07) is 5.35. The normalized spacial score (nSPS) is 18.3.